The van der Waals surface area contributed by atoms with Crippen LogP contribution in [0.1, 0.15) is 51.4 Å². The summed E-state index contributed by atoms with van der Waals surface area (Å²) < 4.78 is 57.3. The number of esters is 1. The molecule has 3 aromatic carbocycles. The van der Waals surface area contributed by atoms with Gasteiger partial charge in [0.1, 0.15) is 11.6 Å². The van der Waals surface area contributed by atoms with Crippen molar-refractivity contribution in [3.05, 3.63) is 100 Å². The Morgan fingerprint density at radius 2 is 1.61 bits per heavy atom. The summed E-state index contributed by atoms with van der Waals surface area (Å²) in [6.45, 7) is 1.24. The van der Waals surface area contributed by atoms with Crippen molar-refractivity contribution in [2.75, 3.05) is 13.1 Å². The summed E-state index contributed by atoms with van der Waals surface area (Å²) in [6.07, 6.45) is -3.32. The number of halogens is 4. The quantitative estimate of drug-likeness (QED) is 0.248. The van der Waals surface area contributed by atoms with E-state index in [2.05, 4.69) is 6.07 Å². The SMILES string of the molecule is NCc1cccc(C2CCN(C(=O)c3cccc(CCc4ccc(F)cc4)c3OC(=O)C(F)(F)F)CC2)c1. The Hall–Kier alpha value is -3.72. The largest absolute Gasteiger partial charge is 0.491 e. The summed E-state index contributed by atoms with van der Waals surface area (Å²) in [5.74, 6) is -3.45. The van der Waals surface area contributed by atoms with Crippen molar-refractivity contribution in [2.24, 2.45) is 5.73 Å². The van der Waals surface area contributed by atoms with Crippen LogP contribution in [0.2, 0.25) is 0 Å². The topological polar surface area (TPSA) is 72.6 Å². The van der Waals surface area contributed by atoms with Gasteiger partial charge in [0.2, 0.25) is 0 Å². The van der Waals surface area contributed by atoms with E-state index in [4.69, 9.17) is 10.5 Å². The molecule has 3 aromatic rings. The fourth-order valence-corrected chi connectivity index (χ4v) is 4.71. The number of hydrogen-bond donors (Lipinski definition) is 1. The number of aryl methyl sites for hydroxylation is 2. The molecule has 1 aliphatic rings. The average Bonchev–Trinajstić information content (AvgIpc) is 2.92. The summed E-state index contributed by atoms with van der Waals surface area (Å²) in [5.41, 5.74) is 8.85. The maximum atomic E-state index is 13.5. The van der Waals surface area contributed by atoms with E-state index in [1.165, 1.54) is 24.3 Å². The molecular weight excluding hydrogens is 500 g/mol. The van der Waals surface area contributed by atoms with Gasteiger partial charge in [-0.25, -0.2) is 9.18 Å². The molecule has 0 bridgehead atoms. The zero-order valence-electron chi connectivity index (χ0n) is 20.6. The molecule has 0 aromatic heterocycles. The van der Waals surface area contributed by atoms with E-state index in [1.54, 1.807) is 23.1 Å². The molecule has 1 amide bonds. The monoisotopic (exact) mass is 528 g/mol. The highest BCUT2D eigenvalue weighted by Gasteiger charge is 2.42. The van der Waals surface area contributed by atoms with Gasteiger partial charge in [-0.2, -0.15) is 13.2 Å². The molecule has 38 heavy (non-hydrogen) atoms. The van der Waals surface area contributed by atoms with Crippen LogP contribution in [-0.4, -0.2) is 36.0 Å². The lowest BCUT2D eigenvalue weighted by Gasteiger charge is -2.33. The molecule has 1 aliphatic heterocycles. The number of likely N-dealkylation sites (tertiary alicyclic amines) is 1. The lowest BCUT2D eigenvalue weighted by molar-refractivity contribution is -0.189. The molecule has 4 rings (SSSR count). The van der Waals surface area contributed by atoms with E-state index in [0.717, 1.165) is 16.7 Å². The number of hydrogen-bond acceptors (Lipinski definition) is 4. The maximum Gasteiger partial charge on any atom is 0.491 e. The van der Waals surface area contributed by atoms with Gasteiger partial charge >= 0.3 is 12.1 Å². The number of amides is 1. The molecule has 0 spiro atoms. The van der Waals surface area contributed by atoms with Crippen LogP contribution in [0.3, 0.4) is 0 Å². The van der Waals surface area contributed by atoms with Gasteiger partial charge in [0.05, 0.1) is 5.56 Å². The highest BCUT2D eigenvalue weighted by atomic mass is 19.4. The van der Waals surface area contributed by atoms with E-state index in [0.29, 0.717) is 38.9 Å². The van der Waals surface area contributed by atoms with Crippen LogP contribution in [0.5, 0.6) is 5.75 Å². The third-order valence-electron chi connectivity index (χ3n) is 6.79. The van der Waals surface area contributed by atoms with Crippen molar-refractivity contribution in [1.29, 1.82) is 0 Å². The minimum absolute atomic E-state index is 0.0946. The molecule has 0 unspecified atom stereocenters. The number of alkyl halides is 3. The first kappa shape index (κ1) is 27.3. The number of piperidine rings is 1. The van der Waals surface area contributed by atoms with Crippen molar-refractivity contribution in [3.8, 4) is 5.75 Å². The molecule has 2 N–H and O–H groups in total. The van der Waals surface area contributed by atoms with Crippen molar-refractivity contribution >= 4 is 11.9 Å². The van der Waals surface area contributed by atoms with Crippen LogP contribution in [0, 0.1) is 5.82 Å². The van der Waals surface area contributed by atoms with Crippen molar-refractivity contribution in [2.45, 2.75) is 44.3 Å². The molecule has 9 heteroatoms. The number of carbonyl (C=O) groups excluding carboxylic acids is 2. The predicted octanol–water partition coefficient (Wildman–Crippen LogP) is 5.56. The number of rotatable bonds is 7. The Bertz CT molecular complexity index is 1280. The van der Waals surface area contributed by atoms with Crippen molar-refractivity contribution in [1.82, 2.24) is 4.90 Å². The van der Waals surface area contributed by atoms with E-state index in [-0.39, 0.29) is 29.2 Å². The van der Waals surface area contributed by atoms with E-state index in [9.17, 15) is 27.2 Å². The first-order valence-electron chi connectivity index (χ1n) is 12.4. The summed E-state index contributed by atoms with van der Waals surface area (Å²) in [6, 6.07) is 18.2. The third-order valence-corrected chi connectivity index (χ3v) is 6.79. The Labute approximate surface area is 218 Å². The highest BCUT2D eigenvalue weighted by Crippen LogP contribution is 2.33. The van der Waals surface area contributed by atoms with Gasteiger partial charge in [0, 0.05) is 19.6 Å². The summed E-state index contributed by atoms with van der Waals surface area (Å²) >= 11 is 0. The van der Waals surface area contributed by atoms with Crippen LogP contribution < -0.4 is 10.5 Å². The number of nitrogens with two attached hydrogens (primary N) is 1. The van der Waals surface area contributed by atoms with Gasteiger partial charge in [0.25, 0.3) is 5.91 Å². The van der Waals surface area contributed by atoms with Crippen LogP contribution in [0.15, 0.2) is 66.7 Å². The van der Waals surface area contributed by atoms with Crippen molar-refractivity contribution < 1.29 is 31.9 Å². The van der Waals surface area contributed by atoms with Gasteiger partial charge in [-0.3, -0.25) is 4.79 Å². The smallest absolute Gasteiger partial charge is 0.419 e. The first-order valence-corrected chi connectivity index (χ1v) is 12.4. The van der Waals surface area contributed by atoms with E-state index >= 15 is 0 Å². The second-order valence-corrected chi connectivity index (χ2v) is 9.32. The third kappa shape index (κ3) is 6.58. The zero-order valence-corrected chi connectivity index (χ0v) is 20.6. The van der Waals surface area contributed by atoms with Gasteiger partial charge in [-0.05, 0) is 72.1 Å². The minimum atomic E-state index is -5.22. The average molecular weight is 529 g/mol. The van der Waals surface area contributed by atoms with Crippen LogP contribution in [0.25, 0.3) is 0 Å². The molecule has 200 valence electrons. The number of ether oxygens (including phenoxy) is 1. The van der Waals surface area contributed by atoms with Gasteiger partial charge in [-0.15, -0.1) is 0 Å². The molecule has 1 saturated heterocycles. The lowest BCUT2D eigenvalue weighted by atomic mass is 9.88. The predicted molar refractivity (Wildman–Crippen MR) is 134 cm³/mol. The van der Waals surface area contributed by atoms with E-state index < -0.39 is 23.9 Å². The molecule has 0 aliphatic carbocycles. The number of benzene rings is 3. The standard InChI is InChI=1S/C29H28F4N2O3/c30-24-11-8-19(9-12-24)7-10-22-4-2-6-25(26(22)38-28(37)29(31,32)33)27(36)35-15-13-21(14-16-35)23-5-1-3-20(17-23)18-34/h1-6,8-9,11-12,17,21H,7,10,13-16,18,34H2. The molecule has 5 nitrogen and oxygen atoms in total. The Morgan fingerprint density at radius 3 is 2.26 bits per heavy atom. The summed E-state index contributed by atoms with van der Waals surface area (Å²) in [7, 11) is 0. The second-order valence-electron chi connectivity index (χ2n) is 9.32. The van der Waals surface area contributed by atoms with Crippen LogP contribution in [-0.2, 0) is 24.2 Å². The van der Waals surface area contributed by atoms with Gasteiger partial charge < -0.3 is 15.4 Å². The molecule has 1 heterocycles. The normalized spacial score (nSPS) is 14.4. The maximum absolute atomic E-state index is 13.5. The summed E-state index contributed by atoms with van der Waals surface area (Å²) in [5, 5.41) is 0. The number of carbonyl (C=O) groups is 2. The number of para-hydroxylation sites is 1. The lowest BCUT2D eigenvalue weighted by Crippen LogP contribution is -2.38. The summed E-state index contributed by atoms with van der Waals surface area (Å²) in [4.78, 5) is 26.8. The molecular formula is C29H28F4N2O3. The molecule has 1 fully saturated rings. The Kier molecular flexibility index (Phi) is 8.46. The van der Waals surface area contributed by atoms with Gasteiger partial charge in [0.15, 0.2) is 0 Å². The Morgan fingerprint density at radius 1 is 0.921 bits per heavy atom. The first-order chi connectivity index (χ1) is 18.2. The number of nitrogens with zero attached hydrogens (tertiary/aromatic N) is 1. The fraction of sp³-hybridized carbons (Fsp3) is 0.310. The van der Waals surface area contributed by atoms with E-state index in [1.807, 2.05) is 18.2 Å². The minimum Gasteiger partial charge on any atom is -0.419 e. The zero-order chi connectivity index (χ0) is 27.3. The second kappa shape index (κ2) is 11.8. The molecule has 0 radical (unpaired) electrons. The molecule has 0 saturated carbocycles. The van der Waals surface area contributed by atoms with Crippen molar-refractivity contribution in [3.63, 3.8) is 0 Å². The Balaban J connectivity index is 1.54. The van der Waals surface area contributed by atoms with Crippen LogP contribution >= 0.6 is 0 Å². The van der Waals surface area contributed by atoms with Gasteiger partial charge in [-0.1, -0.05) is 48.5 Å². The molecule has 0 atom stereocenters. The van der Waals surface area contributed by atoms with Crippen LogP contribution in [0.4, 0.5) is 17.6 Å². The highest BCUT2D eigenvalue weighted by molar-refractivity contribution is 5.98. The fourth-order valence-electron chi connectivity index (χ4n) is 4.71.